The fourth-order valence-electron chi connectivity index (χ4n) is 2.81. The quantitative estimate of drug-likeness (QED) is 0.468. The minimum Gasteiger partial charge on any atom is -0.477 e. The number of aliphatic carboxylic acids is 1. The molecule has 1 saturated heterocycles. The lowest BCUT2D eigenvalue weighted by molar-refractivity contribution is -0.149. The second kappa shape index (κ2) is 7.35. The zero-order valence-electron chi connectivity index (χ0n) is 14.3. The fourth-order valence-corrected chi connectivity index (χ4v) is 4.69. The van der Waals surface area contributed by atoms with Gasteiger partial charge in [0, 0.05) is 31.5 Å². The zero-order chi connectivity index (χ0) is 19.9. The molecule has 0 radical (unpaired) electrons. The van der Waals surface area contributed by atoms with E-state index in [0.717, 1.165) is 4.90 Å². The van der Waals surface area contributed by atoms with Crippen molar-refractivity contribution in [3.05, 3.63) is 27.6 Å². The van der Waals surface area contributed by atoms with Crippen molar-refractivity contribution < 1.29 is 29.0 Å². The summed E-state index contributed by atoms with van der Waals surface area (Å²) in [6, 6.07) is -0.860. The number of thioether (sulfide) groups is 1. The number of hydrogen-bond acceptors (Lipinski definition) is 7. The molecule has 2 amide bonds. The molecule has 0 spiro atoms. The standard InChI is InChI=1S/C15H15BrN4O6S/c1-6(21)26-4-7-5-27-14-10(13(23)20(14)11(7)15(24)25)17-12(22)9-8(16)3-19(2)18-9/h3,10,14H,4-5H2,1-2H3,(H,17,22)(H,24,25). The van der Waals surface area contributed by atoms with Gasteiger partial charge in [0.2, 0.25) is 0 Å². The fraction of sp³-hybridized carbons (Fsp3) is 0.400. The van der Waals surface area contributed by atoms with Crippen molar-refractivity contribution in [2.45, 2.75) is 18.3 Å². The van der Waals surface area contributed by atoms with Crippen LogP contribution in [0.3, 0.4) is 0 Å². The smallest absolute Gasteiger partial charge is 0.352 e. The van der Waals surface area contributed by atoms with Gasteiger partial charge in [-0.2, -0.15) is 5.10 Å². The van der Waals surface area contributed by atoms with Gasteiger partial charge in [-0.15, -0.1) is 11.8 Å². The predicted molar refractivity (Wildman–Crippen MR) is 96.5 cm³/mol. The maximum Gasteiger partial charge on any atom is 0.352 e. The monoisotopic (exact) mass is 458 g/mol. The van der Waals surface area contributed by atoms with Gasteiger partial charge in [-0.05, 0) is 15.9 Å². The summed E-state index contributed by atoms with van der Waals surface area (Å²) in [4.78, 5) is 48.6. The molecule has 3 rings (SSSR count). The molecule has 2 N–H and O–H groups in total. The summed E-state index contributed by atoms with van der Waals surface area (Å²) in [5.74, 6) is -2.63. The van der Waals surface area contributed by atoms with Gasteiger partial charge in [-0.1, -0.05) is 0 Å². The van der Waals surface area contributed by atoms with Gasteiger partial charge in [-0.3, -0.25) is 24.0 Å². The van der Waals surface area contributed by atoms with Gasteiger partial charge in [0.15, 0.2) is 5.69 Å². The minimum absolute atomic E-state index is 0.133. The van der Waals surface area contributed by atoms with Crippen molar-refractivity contribution >= 4 is 51.4 Å². The lowest BCUT2D eigenvalue weighted by Crippen LogP contribution is -2.70. The molecular weight excluding hydrogens is 444 g/mol. The summed E-state index contributed by atoms with van der Waals surface area (Å²) < 4.78 is 6.81. The number of aryl methyl sites for hydroxylation is 1. The Labute approximate surface area is 166 Å². The van der Waals surface area contributed by atoms with Gasteiger partial charge in [-0.25, -0.2) is 4.79 Å². The molecule has 10 nitrogen and oxygen atoms in total. The van der Waals surface area contributed by atoms with Crippen LogP contribution in [-0.4, -0.2) is 67.3 Å². The number of ether oxygens (including phenoxy) is 1. The maximum atomic E-state index is 12.5. The Hall–Kier alpha value is -2.34. The van der Waals surface area contributed by atoms with E-state index < -0.39 is 35.2 Å². The van der Waals surface area contributed by atoms with E-state index in [-0.39, 0.29) is 23.8 Å². The normalized spacial score (nSPS) is 21.4. The highest BCUT2D eigenvalue weighted by molar-refractivity contribution is 9.10. The molecule has 144 valence electrons. The Morgan fingerprint density at radius 1 is 1.48 bits per heavy atom. The topological polar surface area (TPSA) is 131 Å². The van der Waals surface area contributed by atoms with Crippen molar-refractivity contribution in [2.75, 3.05) is 12.4 Å². The average Bonchev–Trinajstić information content (AvgIpc) is 2.94. The number of amides is 2. The summed E-state index contributed by atoms with van der Waals surface area (Å²) in [6.45, 7) is 1.02. The summed E-state index contributed by atoms with van der Waals surface area (Å²) in [6.07, 6.45) is 1.60. The Bertz CT molecular complexity index is 882. The van der Waals surface area contributed by atoms with Crippen LogP contribution in [0.2, 0.25) is 0 Å². The third-order valence-corrected chi connectivity index (χ3v) is 5.91. The van der Waals surface area contributed by atoms with Crippen LogP contribution in [0.1, 0.15) is 17.4 Å². The predicted octanol–water partition coefficient (Wildman–Crippen LogP) is 0.0979. The number of hydrogen-bond donors (Lipinski definition) is 2. The molecule has 1 aromatic rings. The average molecular weight is 459 g/mol. The molecule has 1 aromatic heterocycles. The highest BCUT2D eigenvalue weighted by atomic mass is 79.9. The number of β-lactam (4-membered cyclic amide) rings is 1. The molecular formula is C15H15BrN4O6S. The molecule has 2 atom stereocenters. The zero-order valence-corrected chi connectivity index (χ0v) is 16.7. The minimum atomic E-state index is -1.28. The van der Waals surface area contributed by atoms with Crippen LogP contribution in [-0.2, 0) is 26.2 Å². The van der Waals surface area contributed by atoms with Gasteiger partial charge in [0.25, 0.3) is 11.8 Å². The molecule has 12 heteroatoms. The number of aromatic nitrogens is 2. The first kappa shape index (κ1) is 19.4. The third kappa shape index (κ3) is 3.58. The Kier molecular flexibility index (Phi) is 5.29. The number of fused-ring (bicyclic) bond motifs is 1. The van der Waals surface area contributed by atoms with Crippen molar-refractivity contribution in [1.29, 1.82) is 0 Å². The van der Waals surface area contributed by atoms with E-state index in [1.165, 1.54) is 23.4 Å². The molecule has 27 heavy (non-hydrogen) atoms. The van der Waals surface area contributed by atoms with Crippen molar-refractivity contribution in [1.82, 2.24) is 20.0 Å². The van der Waals surface area contributed by atoms with E-state index in [4.69, 9.17) is 4.74 Å². The van der Waals surface area contributed by atoms with Crippen LogP contribution in [0.25, 0.3) is 0 Å². The van der Waals surface area contributed by atoms with Gasteiger partial charge in [0.05, 0.1) is 4.47 Å². The number of carbonyl (C=O) groups excluding carboxylic acids is 3. The number of esters is 1. The second-order valence-electron chi connectivity index (χ2n) is 5.90. The van der Waals surface area contributed by atoms with Crippen LogP contribution in [0, 0.1) is 0 Å². The van der Waals surface area contributed by atoms with Gasteiger partial charge in [0.1, 0.15) is 23.7 Å². The van der Waals surface area contributed by atoms with Crippen LogP contribution in [0.4, 0.5) is 0 Å². The van der Waals surface area contributed by atoms with E-state index in [0.29, 0.717) is 10.0 Å². The third-order valence-electron chi connectivity index (χ3n) is 3.99. The highest BCUT2D eigenvalue weighted by Crippen LogP contribution is 2.40. The maximum absolute atomic E-state index is 12.5. The molecule has 2 aliphatic heterocycles. The molecule has 0 aromatic carbocycles. The van der Waals surface area contributed by atoms with E-state index in [1.54, 1.807) is 13.2 Å². The molecule has 0 bridgehead atoms. The first-order valence-corrected chi connectivity index (χ1v) is 9.58. The number of nitrogens with one attached hydrogen (secondary N) is 1. The van der Waals surface area contributed by atoms with Crippen LogP contribution in [0.5, 0.6) is 0 Å². The van der Waals surface area contributed by atoms with E-state index in [2.05, 4.69) is 26.3 Å². The molecule has 3 heterocycles. The van der Waals surface area contributed by atoms with E-state index >= 15 is 0 Å². The van der Waals surface area contributed by atoms with E-state index in [9.17, 15) is 24.3 Å². The molecule has 0 aliphatic carbocycles. The van der Waals surface area contributed by atoms with Crippen LogP contribution in [0.15, 0.2) is 21.9 Å². The largest absolute Gasteiger partial charge is 0.477 e. The summed E-state index contributed by atoms with van der Waals surface area (Å²) in [5, 5.41) is 15.6. The summed E-state index contributed by atoms with van der Waals surface area (Å²) in [5.41, 5.74) is 0.271. The molecule has 2 unspecified atom stereocenters. The first-order valence-electron chi connectivity index (χ1n) is 7.74. The van der Waals surface area contributed by atoms with Crippen molar-refractivity contribution in [3.63, 3.8) is 0 Å². The van der Waals surface area contributed by atoms with Crippen molar-refractivity contribution in [2.24, 2.45) is 7.05 Å². The van der Waals surface area contributed by atoms with Gasteiger partial charge < -0.3 is 15.2 Å². The lowest BCUT2D eigenvalue weighted by atomic mass is 10.0. The molecule has 0 saturated carbocycles. The van der Waals surface area contributed by atoms with Crippen molar-refractivity contribution in [3.8, 4) is 0 Å². The number of carboxylic acid groups (broad SMARTS) is 1. The first-order chi connectivity index (χ1) is 12.7. The molecule has 2 aliphatic rings. The summed E-state index contributed by atoms with van der Waals surface area (Å²) >= 11 is 4.52. The Morgan fingerprint density at radius 2 is 2.19 bits per heavy atom. The Balaban J connectivity index is 1.77. The highest BCUT2D eigenvalue weighted by Gasteiger charge is 2.54. The number of carboxylic acids is 1. The van der Waals surface area contributed by atoms with Gasteiger partial charge >= 0.3 is 11.9 Å². The summed E-state index contributed by atoms with van der Waals surface area (Å²) in [7, 11) is 1.66. The number of halogens is 1. The number of nitrogens with zero attached hydrogens (tertiary/aromatic N) is 3. The number of rotatable bonds is 5. The molecule has 1 fully saturated rings. The SMILES string of the molecule is CC(=O)OCC1=C(C(=O)O)N2C(=O)C(NC(=O)c3nn(C)cc3Br)C2SC1. The Morgan fingerprint density at radius 3 is 2.74 bits per heavy atom. The van der Waals surface area contributed by atoms with E-state index in [1.807, 2.05) is 0 Å². The second-order valence-corrected chi connectivity index (χ2v) is 7.86. The van der Waals surface area contributed by atoms with Crippen LogP contribution >= 0.6 is 27.7 Å². The lowest BCUT2D eigenvalue weighted by Gasteiger charge is -2.49. The number of carbonyl (C=O) groups is 4. The van der Waals surface area contributed by atoms with Crippen LogP contribution < -0.4 is 5.32 Å².